The number of ketones is 1. The van der Waals surface area contributed by atoms with E-state index >= 15 is 0 Å². The highest BCUT2D eigenvalue weighted by atomic mass is 16.5. The maximum Gasteiger partial charge on any atom is 0.336 e. The molecule has 2 unspecified atom stereocenters. The number of nitrogens with zero attached hydrogens (tertiary/aromatic N) is 4. The van der Waals surface area contributed by atoms with Crippen molar-refractivity contribution in [3.05, 3.63) is 107 Å². The molecule has 0 saturated heterocycles. The molecule has 3 heterocycles. The van der Waals surface area contributed by atoms with E-state index in [9.17, 15) is 19.6 Å². The van der Waals surface area contributed by atoms with Crippen LogP contribution in [0.1, 0.15) is 16.1 Å². The SMILES string of the molecule is COC(=O)C1=C(C(=O)OC)C(C(=O)c2nn(-c3ccccc3)c(-c3ccccc3)c2C#N)N2C=CC=CC12. The smallest absolute Gasteiger partial charge is 0.336 e. The van der Waals surface area contributed by atoms with Gasteiger partial charge in [0.1, 0.15) is 23.4 Å². The van der Waals surface area contributed by atoms with E-state index < -0.39 is 29.8 Å². The lowest BCUT2D eigenvalue weighted by Gasteiger charge is -2.29. The molecule has 0 bridgehead atoms. The number of hydrogen-bond acceptors (Lipinski definition) is 8. The summed E-state index contributed by atoms with van der Waals surface area (Å²) in [5, 5.41) is 14.9. The number of esters is 2. The molecule has 0 radical (unpaired) electrons. The number of hydrogen-bond donors (Lipinski definition) is 0. The monoisotopic (exact) mass is 506 g/mol. The molecule has 0 amide bonds. The maximum atomic E-state index is 14.3. The lowest BCUT2D eigenvalue weighted by atomic mass is 9.96. The highest BCUT2D eigenvalue weighted by Gasteiger charge is 2.50. The molecule has 5 rings (SSSR count). The molecule has 0 fully saturated rings. The number of allylic oxidation sites excluding steroid dienone is 2. The Balaban J connectivity index is 1.75. The summed E-state index contributed by atoms with van der Waals surface area (Å²) in [6.45, 7) is 0. The Kier molecular flexibility index (Phi) is 6.46. The van der Waals surface area contributed by atoms with E-state index in [1.165, 1.54) is 14.2 Å². The van der Waals surface area contributed by atoms with Crippen molar-refractivity contribution in [1.82, 2.24) is 14.7 Å². The van der Waals surface area contributed by atoms with Gasteiger partial charge in [-0.15, -0.1) is 0 Å². The molecule has 188 valence electrons. The predicted molar refractivity (Wildman–Crippen MR) is 137 cm³/mol. The third kappa shape index (κ3) is 3.89. The van der Waals surface area contributed by atoms with Crippen LogP contribution in [0.4, 0.5) is 0 Å². The summed E-state index contributed by atoms with van der Waals surface area (Å²) >= 11 is 0. The number of aromatic nitrogens is 2. The van der Waals surface area contributed by atoms with E-state index in [4.69, 9.17) is 9.47 Å². The fraction of sp³-hybridized carbons (Fsp3) is 0.138. The second-order valence-electron chi connectivity index (χ2n) is 8.49. The summed E-state index contributed by atoms with van der Waals surface area (Å²) in [7, 11) is 2.38. The van der Waals surface area contributed by atoms with Gasteiger partial charge in [-0.05, 0) is 18.2 Å². The molecule has 0 saturated carbocycles. The number of rotatable bonds is 6. The molecular weight excluding hydrogens is 484 g/mol. The third-order valence-corrected chi connectivity index (χ3v) is 6.48. The van der Waals surface area contributed by atoms with Crippen molar-refractivity contribution in [3.8, 4) is 23.0 Å². The minimum Gasteiger partial charge on any atom is -0.466 e. The second-order valence-corrected chi connectivity index (χ2v) is 8.49. The largest absolute Gasteiger partial charge is 0.466 e. The summed E-state index contributed by atoms with van der Waals surface area (Å²) in [6, 6.07) is 18.4. The molecule has 2 aliphatic rings. The quantitative estimate of drug-likeness (QED) is 0.369. The Labute approximate surface area is 218 Å². The van der Waals surface area contributed by atoms with E-state index in [-0.39, 0.29) is 22.4 Å². The number of para-hydroxylation sites is 1. The van der Waals surface area contributed by atoms with Gasteiger partial charge >= 0.3 is 11.9 Å². The van der Waals surface area contributed by atoms with Crippen LogP contribution in [-0.4, -0.2) is 58.7 Å². The average Bonchev–Trinajstić information content (AvgIpc) is 3.53. The summed E-state index contributed by atoms with van der Waals surface area (Å²) in [5.74, 6) is -2.22. The van der Waals surface area contributed by atoms with E-state index in [1.807, 2.05) is 60.7 Å². The van der Waals surface area contributed by atoms with Crippen LogP contribution < -0.4 is 0 Å². The van der Waals surface area contributed by atoms with Crippen molar-refractivity contribution >= 4 is 17.7 Å². The van der Waals surface area contributed by atoms with Gasteiger partial charge in [-0.3, -0.25) is 4.79 Å². The van der Waals surface area contributed by atoms with E-state index in [0.29, 0.717) is 16.9 Å². The van der Waals surface area contributed by atoms with Crippen LogP contribution in [0.2, 0.25) is 0 Å². The van der Waals surface area contributed by atoms with Crippen LogP contribution in [-0.2, 0) is 19.1 Å². The minimum atomic E-state index is -1.27. The fourth-order valence-corrected chi connectivity index (χ4v) is 4.84. The van der Waals surface area contributed by atoms with Crippen LogP contribution in [0.15, 0.2) is 96.2 Å². The molecule has 0 aliphatic carbocycles. The number of methoxy groups -OCH3 is 2. The maximum absolute atomic E-state index is 14.3. The zero-order chi connectivity index (χ0) is 26.8. The molecule has 9 nitrogen and oxygen atoms in total. The first-order chi connectivity index (χ1) is 18.5. The van der Waals surface area contributed by atoms with Gasteiger partial charge in [-0.25, -0.2) is 14.3 Å². The lowest BCUT2D eigenvalue weighted by molar-refractivity contribution is -0.139. The molecule has 1 aromatic heterocycles. The summed E-state index contributed by atoms with van der Waals surface area (Å²) in [6.07, 6.45) is 6.70. The highest BCUT2D eigenvalue weighted by molar-refractivity contribution is 6.14. The van der Waals surface area contributed by atoms with Gasteiger partial charge in [0.2, 0.25) is 5.78 Å². The predicted octanol–water partition coefficient (Wildman–Crippen LogP) is 3.37. The Morgan fingerprint density at radius 1 is 0.895 bits per heavy atom. The van der Waals surface area contributed by atoms with E-state index in [2.05, 4.69) is 11.2 Å². The Morgan fingerprint density at radius 2 is 1.53 bits per heavy atom. The second kappa shape index (κ2) is 10.0. The Morgan fingerprint density at radius 3 is 2.16 bits per heavy atom. The first-order valence-corrected chi connectivity index (χ1v) is 11.7. The Hall–Kier alpha value is -5.23. The average molecular weight is 507 g/mol. The van der Waals surface area contributed by atoms with Gasteiger partial charge in [0.05, 0.1) is 42.8 Å². The number of fused-ring (bicyclic) bond motifs is 1. The standard InChI is InChI=1S/C29H22N4O5/c1-37-28(35)22-21-15-9-10-16-32(21)26(23(22)29(36)38-2)27(34)24-20(17-30)25(18-11-5-3-6-12-18)33(31-24)19-13-7-4-8-14-19/h3-16,21,26H,1-2H3. The number of ether oxygens (including phenoxy) is 2. The first kappa shape index (κ1) is 24.5. The fourth-order valence-electron chi connectivity index (χ4n) is 4.84. The van der Waals surface area contributed by atoms with Crippen LogP contribution in [0.5, 0.6) is 0 Å². The van der Waals surface area contributed by atoms with Gasteiger partial charge in [0.15, 0.2) is 0 Å². The van der Waals surface area contributed by atoms with Crippen LogP contribution in [0.25, 0.3) is 16.9 Å². The van der Waals surface area contributed by atoms with Crippen molar-refractivity contribution in [2.24, 2.45) is 0 Å². The molecule has 38 heavy (non-hydrogen) atoms. The van der Waals surface area contributed by atoms with Crippen molar-refractivity contribution in [1.29, 1.82) is 5.26 Å². The molecule has 9 heteroatoms. The van der Waals surface area contributed by atoms with E-state index in [1.54, 1.807) is 34.0 Å². The van der Waals surface area contributed by atoms with E-state index in [0.717, 1.165) is 0 Å². The molecule has 2 atom stereocenters. The number of carbonyl (C=O) groups is 3. The van der Waals surface area contributed by atoms with Gasteiger partial charge < -0.3 is 14.4 Å². The topological polar surface area (TPSA) is 115 Å². The number of benzene rings is 2. The molecule has 2 aliphatic heterocycles. The summed E-state index contributed by atoms with van der Waals surface area (Å²) < 4.78 is 11.5. The normalized spacial score (nSPS) is 17.7. The Bertz CT molecular complexity index is 1560. The summed E-state index contributed by atoms with van der Waals surface area (Å²) in [4.78, 5) is 41.6. The van der Waals surface area contributed by atoms with Crippen LogP contribution >= 0.6 is 0 Å². The van der Waals surface area contributed by atoms with Gasteiger partial charge in [0, 0.05) is 11.8 Å². The van der Waals surface area contributed by atoms with Crippen molar-refractivity contribution in [2.45, 2.75) is 12.1 Å². The van der Waals surface area contributed by atoms with Crippen molar-refractivity contribution < 1.29 is 23.9 Å². The molecule has 0 spiro atoms. The zero-order valence-electron chi connectivity index (χ0n) is 20.6. The molecule has 3 aromatic rings. The number of nitriles is 1. The lowest BCUT2D eigenvalue weighted by Crippen LogP contribution is -2.41. The van der Waals surface area contributed by atoms with Gasteiger partial charge in [-0.2, -0.15) is 10.4 Å². The number of carbonyl (C=O) groups excluding carboxylic acids is 3. The number of Topliss-reactive ketones (excluding diaryl/α,β-unsaturated/α-hetero) is 1. The van der Waals surface area contributed by atoms with Crippen molar-refractivity contribution in [3.63, 3.8) is 0 Å². The zero-order valence-corrected chi connectivity index (χ0v) is 20.6. The van der Waals surface area contributed by atoms with Gasteiger partial charge in [-0.1, -0.05) is 60.7 Å². The summed E-state index contributed by atoms with van der Waals surface area (Å²) in [5.41, 5.74) is 1.54. The third-order valence-electron chi connectivity index (χ3n) is 6.48. The van der Waals surface area contributed by atoms with Gasteiger partial charge in [0.25, 0.3) is 0 Å². The highest BCUT2D eigenvalue weighted by Crippen LogP contribution is 2.38. The minimum absolute atomic E-state index is 0.00239. The van der Waals surface area contributed by atoms with Crippen LogP contribution in [0, 0.1) is 11.3 Å². The molecule has 2 aromatic carbocycles. The van der Waals surface area contributed by atoms with Crippen molar-refractivity contribution in [2.75, 3.05) is 14.2 Å². The molecule has 0 N–H and O–H groups in total. The first-order valence-electron chi connectivity index (χ1n) is 11.7. The molecular formula is C29H22N4O5. The van der Waals surface area contributed by atoms with Crippen LogP contribution in [0.3, 0.4) is 0 Å².